The van der Waals surface area contributed by atoms with Gasteiger partial charge in [0.25, 0.3) is 0 Å². The van der Waals surface area contributed by atoms with E-state index in [0.29, 0.717) is 12.0 Å². The monoisotopic (exact) mass is 234 g/mol. The van der Waals surface area contributed by atoms with Gasteiger partial charge in [0, 0.05) is 6.08 Å². The fraction of sp³-hybridized carbons (Fsp3) is 0.231. The lowest BCUT2D eigenvalue weighted by atomic mass is 10.0. The van der Waals surface area contributed by atoms with Crippen LogP contribution < -0.4 is 0 Å². The van der Waals surface area contributed by atoms with Gasteiger partial charge < -0.3 is 0 Å². The zero-order valence-electron chi connectivity index (χ0n) is 9.86. The molecule has 0 aliphatic carbocycles. The largest absolute Gasteiger partial charge is 0.386 e. The molecule has 0 fully saturated rings. The Morgan fingerprint density at radius 1 is 1.35 bits per heavy atom. The minimum absolute atomic E-state index is 0.398. The molecule has 0 bridgehead atoms. The second-order valence-corrected chi connectivity index (χ2v) is 3.49. The van der Waals surface area contributed by atoms with E-state index < -0.39 is 11.9 Å². The van der Waals surface area contributed by atoms with Crippen LogP contribution in [-0.2, 0) is 21.0 Å². The second kappa shape index (κ2) is 5.84. The molecule has 0 heterocycles. The summed E-state index contributed by atoms with van der Waals surface area (Å²) in [6.45, 7) is 7.06. The first-order valence-corrected chi connectivity index (χ1v) is 5.23. The lowest BCUT2D eigenvalue weighted by Crippen LogP contribution is -2.11. The molecule has 1 aromatic carbocycles. The van der Waals surface area contributed by atoms with Gasteiger partial charge in [-0.25, -0.2) is 19.4 Å². The summed E-state index contributed by atoms with van der Waals surface area (Å²) in [6, 6.07) is 5.34. The molecule has 0 N–H and O–H groups in total. The van der Waals surface area contributed by atoms with Crippen molar-refractivity contribution in [2.75, 3.05) is 0 Å². The lowest BCUT2D eigenvalue weighted by molar-refractivity contribution is -0.228. The van der Waals surface area contributed by atoms with E-state index in [-0.39, 0.29) is 0 Å². The van der Waals surface area contributed by atoms with Crippen molar-refractivity contribution < 1.29 is 19.4 Å². The van der Waals surface area contributed by atoms with Gasteiger partial charge in [0.1, 0.15) is 0 Å². The van der Waals surface area contributed by atoms with Gasteiger partial charge in [0.2, 0.25) is 0 Å². The highest BCUT2D eigenvalue weighted by Crippen LogP contribution is 2.14. The minimum atomic E-state index is -0.802. The van der Waals surface area contributed by atoms with Gasteiger partial charge in [0.15, 0.2) is 0 Å². The quantitative estimate of drug-likeness (QED) is 0.457. The molecule has 0 radical (unpaired) electrons. The van der Waals surface area contributed by atoms with Gasteiger partial charge in [-0.1, -0.05) is 31.2 Å². The van der Waals surface area contributed by atoms with E-state index in [1.54, 1.807) is 12.1 Å². The summed E-state index contributed by atoms with van der Waals surface area (Å²) >= 11 is 0. The molecule has 0 aliphatic rings. The van der Waals surface area contributed by atoms with Gasteiger partial charge in [-0.2, -0.15) is 0 Å². The predicted molar refractivity (Wildman–Crippen MR) is 62.3 cm³/mol. The zero-order chi connectivity index (χ0) is 12.8. The highest BCUT2D eigenvalue weighted by Gasteiger charge is 2.14. The molecule has 4 nitrogen and oxygen atoms in total. The third kappa shape index (κ3) is 3.45. The Morgan fingerprint density at radius 3 is 2.65 bits per heavy atom. The molecule has 0 aliphatic heterocycles. The Balaban J connectivity index is 2.81. The lowest BCUT2D eigenvalue weighted by Gasteiger charge is -2.07. The molecule has 4 heteroatoms. The molecular formula is C13H14O4. The maximum atomic E-state index is 11.6. The topological polar surface area (TPSA) is 52.6 Å². The SMILES string of the molecule is C=CC(=O)OOC(=O)c1ccc(C)cc1CC. The summed E-state index contributed by atoms with van der Waals surface area (Å²) in [5, 5.41) is 0. The van der Waals surface area contributed by atoms with Crippen LogP contribution in [-0.4, -0.2) is 11.9 Å². The Labute approximate surface area is 99.8 Å². The van der Waals surface area contributed by atoms with Gasteiger partial charge in [-0.05, 0) is 25.0 Å². The molecule has 0 amide bonds. The van der Waals surface area contributed by atoms with Crippen molar-refractivity contribution in [3.05, 3.63) is 47.5 Å². The van der Waals surface area contributed by atoms with Gasteiger partial charge in [-0.15, -0.1) is 0 Å². The van der Waals surface area contributed by atoms with E-state index >= 15 is 0 Å². The molecule has 17 heavy (non-hydrogen) atoms. The molecule has 0 saturated heterocycles. The summed E-state index contributed by atoms with van der Waals surface area (Å²) in [7, 11) is 0. The molecule has 0 aromatic heterocycles. The van der Waals surface area contributed by atoms with E-state index in [2.05, 4.69) is 16.4 Å². The third-order valence-electron chi connectivity index (χ3n) is 2.23. The van der Waals surface area contributed by atoms with Crippen LogP contribution in [0.15, 0.2) is 30.9 Å². The van der Waals surface area contributed by atoms with Crippen LogP contribution >= 0.6 is 0 Å². The molecule has 0 saturated carbocycles. The van der Waals surface area contributed by atoms with Gasteiger partial charge in [0.05, 0.1) is 5.56 Å². The predicted octanol–water partition coefficient (Wildman–Crippen LogP) is 2.36. The minimum Gasteiger partial charge on any atom is -0.242 e. The van der Waals surface area contributed by atoms with Crippen LogP contribution in [0.25, 0.3) is 0 Å². The second-order valence-electron chi connectivity index (χ2n) is 3.49. The van der Waals surface area contributed by atoms with Crippen molar-refractivity contribution in [1.29, 1.82) is 0 Å². The van der Waals surface area contributed by atoms with E-state index in [9.17, 15) is 9.59 Å². The fourth-order valence-electron chi connectivity index (χ4n) is 1.37. The first-order valence-electron chi connectivity index (χ1n) is 5.23. The zero-order valence-corrected chi connectivity index (χ0v) is 9.86. The standard InChI is InChI=1S/C13H14O4/c1-4-10-8-9(3)6-7-11(10)13(15)17-16-12(14)5-2/h5-8H,2,4H2,1,3H3. The van der Waals surface area contributed by atoms with E-state index in [1.165, 1.54) is 0 Å². The summed E-state index contributed by atoms with van der Waals surface area (Å²) in [6.07, 6.45) is 1.62. The normalized spacial score (nSPS) is 9.53. The van der Waals surface area contributed by atoms with Crippen LogP contribution in [0.1, 0.15) is 28.4 Å². The Morgan fingerprint density at radius 2 is 2.06 bits per heavy atom. The molecule has 0 atom stereocenters. The van der Waals surface area contributed by atoms with E-state index in [1.807, 2.05) is 19.9 Å². The van der Waals surface area contributed by atoms with Crippen LogP contribution in [0, 0.1) is 6.92 Å². The number of benzene rings is 1. The molecule has 0 spiro atoms. The number of carbonyl (C=O) groups is 2. The van der Waals surface area contributed by atoms with E-state index in [4.69, 9.17) is 0 Å². The van der Waals surface area contributed by atoms with Crippen molar-refractivity contribution >= 4 is 11.9 Å². The van der Waals surface area contributed by atoms with E-state index in [0.717, 1.165) is 17.2 Å². The molecular weight excluding hydrogens is 220 g/mol. The molecule has 1 rings (SSSR count). The maximum absolute atomic E-state index is 11.6. The average molecular weight is 234 g/mol. The Bertz CT molecular complexity index is 449. The molecule has 90 valence electrons. The average Bonchev–Trinajstić information content (AvgIpc) is 2.35. The van der Waals surface area contributed by atoms with Crippen LogP contribution in [0.5, 0.6) is 0 Å². The molecule has 1 aromatic rings. The highest BCUT2D eigenvalue weighted by molar-refractivity contribution is 5.91. The number of aryl methyl sites for hydroxylation is 2. The van der Waals surface area contributed by atoms with Crippen molar-refractivity contribution in [2.45, 2.75) is 20.3 Å². The summed E-state index contributed by atoms with van der Waals surface area (Å²) < 4.78 is 0. The van der Waals surface area contributed by atoms with Crippen LogP contribution in [0.4, 0.5) is 0 Å². The maximum Gasteiger partial charge on any atom is 0.386 e. The first kappa shape index (κ1) is 13.0. The molecule has 0 unspecified atom stereocenters. The summed E-state index contributed by atoms with van der Waals surface area (Å²) in [5.41, 5.74) is 2.31. The number of carbonyl (C=O) groups excluding carboxylic acids is 2. The van der Waals surface area contributed by atoms with Crippen LogP contribution in [0.3, 0.4) is 0 Å². The first-order chi connectivity index (χ1) is 8.08. The highest BCUT2D eigenvalue weighted by atomic mass is 17.2. The van der Waals surface area contributed by atoms with Crippen molar-refractivity contribution in [1.82, 2.24) is 0 Å². The number of rotatable bonds is 3. The van der Waals surface area contributed by atoms with Gasteiger partial charge in [-0.3, -0.25) is 0 Å². The van der Waals surface area contributed by atoms with Crippen molar-refractivity contribution in [2.24, 2.45) is 0 Å². The fourth-order valence-corrected chi connectivity index (χ4v) is 1.37. The van der Waals surface area contributed by atoms with Crippen molar-refractivity contribution in [3.63, 3.8) is 0 Å². The summed E-state index contributed by atoms with van der Waals surface area (Å²) in [5.74, 6) is -1.49. The smallest absolute Gasteiger partial charge is 0.242 e. The Hall–Kier alpha value is -2.10. The van der Waals surface area contributed by atoms with Crippen LogP contribution in [0.2, 0.25) is 0 Å². The Kier molecular flexibility index (Phi) is 4.46. The summed E-state index contributed by atoms with van der Waals surface area (Å²) in [4.78, 5) is 31.0. The number of hydrogen-bond acceptors (Lipinski definition) is 4. The van der Waals surface area contributed by atoms with Crippen molar-refractivity contribution in [3.8, 4) is 0 Å². The van der Waals surface area contributed by atoms with Gasteiger partial charge >= 0.3 is 11.9 Å². The number of hydrogen-bond donors (Lipinski definition) is 0. The third-order valence-corrected chi connectivity index (χ3v) is 2.23.